The summed E-state index contributed by atoms with van der Waals surface area (Å²) in [5, 5.41) is 0. The number of carbonyl (C=O) groups is 1. The Bertz CT molecular complexity index is 354. The van der Waals surface area contributed by atoms with Gasteiger partial charge < -0.3 is 11.5 Å². The lowest BCUT2D eigenvalue weighted by atomic mass is 9.77. The fourth-order valence-electron chi connectivity index (χ4n) is 1.52. The Morgan fingerprint density at radius 3 is 2.13 bits per heavy atom. The number of benzene rings is 1. The number of primary amides is 1. The van der Waals surface area contributed by atoms with Gasteiger partial charge in [-0.1, -0.05) is 43.7 Å². The maximum atomic E-state index is 11.1. The summed E-state index contributed by atoms with van der Waals surface area (Å²) in [6.45, 7) is 5.87. The van der Waals surface area contributed by atoms with Gasteiger partial charge in [0, 0.05) is 5.41 Å². The van der Waals surface area contributed by atoms with Crippen molar-refractivity contribution in [1.29, 1.82) is 0 Å². The van der Waals surface area contributed by atoms with Crippen LogP contribution in [0.25, 0.3) is 0 Å². The molecule has 1 amide bonds. The SMILES string of the molecule is Cc1ccc(C(C)(C)[C@H](N)C(N)=O)cc1. The standard InChI is InChI=1S/C12H18N2O/c1-8-4-6-9(7-5-8)12(2,3)10(13)11(14)15/h4-7,10H,13H2,1-3H3,(H2,14,15)/t10-/m1/s1. The van der Waals surface area contributed by atoms with Crippen molar-refractivity contribution in [1.82, 2.24) is 0 Å². The molecule has 82 valence electrons. The molecular formula is C12H18N2O. The van der Waals surface area contributed by atoms with Crippen LogP contribution in [-0.2, 0) is 10.2 Å². The van der Waals surface area contributed by atoms with Crippen LogP contribution < -0.4 is 11.5 Å². The molecule has 0 saturated heterocycles. The highest BCUT2D eigenvalue weighted by Gasteiger charge is 2.32. The molecule has 0 unspecified atom stereocenters. The zero-order chi connectivity index (χ0) is 11.6. The van der Waals surface area contributed by atoms with Gasteiger partial charge in [-0.05, 0) is 12.5 Å². The summed E-state index contributed by atoms with van der Waals surface area (Å²) in [5.74, 6) is -0.472. The number of amides is 1. The van der Waals surface area contributed by atoms with Gasteiger partial charge in [-0.3, -0.25) is 4.79 Å². The molecule has 0 spiro atoms. The number of hydrogen-bond donors (Lipinski definition) is 2. The van der Waals surface area contributed by atoms with Crippen molar-refractivity contribution < 1.29 is 4.79 Å². The zero-order valence-electron chi connectivity index (χ0n) is 9.45. The molecule has 0 saturated carbocycles. The highest BCUT2D eigenvalue weighted by molar-refractivity contribution is 5.81. The first kappa shape index (κ1) is 11.7. The van der Waals surface area contributed by atoms with E-state index in [1.54, 1.807) is 0 Å². The lowest BCUT2D eigenvalue weighted by Gasteiger charge is -2.30. The zero-order valence-corrected chi connectivity index (χ0v) is 9.45. The largest absolute Gasteiger partial charge is 0.368 e. The lowest BCUT2D eigenvalue weighted by Crippen LogP contribution is -2.50. The van der Waals surface area contributed by atoms with Crippen LogP contribution in [0.5, 0.6) is 0 Å². The van der Waals surface area contributed by atoms with Gasteiger partial charge >= 0.3 is 0 Å². The molecule has 0 fully saturated rings. The second kappa shape index (κ2) is 4.03. The average molecular weight is 206 g/mol. The van der Waals surface area contributed by atoms with Crippen LogP contribution in [0.4, 0.5) is 0 Å². The molecule has 15 heavy (non-hydrogen) atoms. The molecule has 3 nitrogen and oxygen atoms in total. The summed E-state index contributed by atoms with van der Waals surface area (Å²) in [7, 11) is 0. The Kier molecular flexibility index (Phi) is 3.15. The molecule has 1 atom stereocenters. The van der Waals surface area contributed by atoms with E-state index in [1.807, 2.05) is 45.0 Å². The quantitative estimate of drug-likeness (QED) is 0.777. The van der Waals surface area contributed by atoms with Crippen molar-refractivity contribution in [2.45, 2.75) is 32.2 Å². The van der Waals surface area contributed by atoms with Crippen LogP contribution >= 0.6 is 0 Å². The molecule has 0 aliphatic heterocycles. The monoisotopic (exact) mass is 206 g/mol. The van der Waals surface area contributed by atoms with E-state index in [-0.39, 0.29) is 0 Å². The highest BCUT2D eigenvalue weighted by atomic mass is 16.1. The van der Waals surface area contributed by atoms with Gasteiger partial charge in [0.1, 0.15) is 0 Å². The van der Waals surface area contributed by atoms with E-state index in [0.29, 0.717) is 0 Å². The fraction of sp³-hybridized carbons (Fsp3) is 0.417. The summed E-state index contributed by atoms with van der Waals surface area (Å²) in [5.41, 5.74) is 12.8. The van der Waals surface area contributed by atoms with Crippen molar-refractivity contribution in [2.24, 2.45) is 11.5 Å². The van der Waals surface area contributed by atoms with Gasteiger partial charge in [0.05, 0.1) is 6.04 Å². The summed E-state index contributed by atoms with van der Waals surface area (Å²) in [4.78, 5) is 11.1. The second-order valence-electron chi connectivity index (χ2n) is 4.47. The molecule has 0 radical (unpaired) electrons. The first-order valence-corrected chi connectivity index (χ1v) is 4.97. The van der Waals surface area contributed by atoms with Crippen LogP contribution in [0, 0.1) is 6.92 Å². The van der Waals surface area contributed by atoms with Gasteiger partial charge in [0.15, 0.2) is 0 Å². The van der Waals surface area contributed by atoms with Crippen LogP contribution in [0.15, 0.2) is 24.3 Å². The number of rotatable bonds is 3. The van der Waals surface area contributed by atoms with Gasteiger partial charge in [0.2, 0.25) is 5.91 Å². The molecule has 1 rings (SSSR count). The Labute approximate surface area is 90.5 Å². The summed E-state index contributed by atoms with van der Waals surface area (Å²) in [6.07, 6.45) is 0. The van der Waals surface area contributed by atoms with Crippen molar-refractivity contribution in [3.63, 3.8) is 0 Å². The van der Waals surface area contributed by atoms with Crippen molar-refractivity contribution >= 4 is 5.91 Å². The molecule has 0 aliphatic carbocycles. The van der Waals surface area contributed by atoms with E-state index < -0.39 is 17.4 Å². The Hall–Kier alpha value is -1.35. The number of nitrogens with two attached hydrogens (primary N) is 2. The molecule has 0 aromatic heterocycles. The molecule has 0 bridgehead atoms. The molecule has 0 aliphatic rings. The number of aryl methyl sites for hydroxylation is 1. The predicted molar refractivity (Wildman–Crippen MR) is 61.4 cm³/mol. The number of hydrogen-bond acceptors (Lipinski definition) is 2. The van der Waals surface area contributed by atoms with Crippen molar-refractivity contribution in [3.8, 4) is 0 Å². The molecule has 0 heterocycles. The predicted octanol–water partition coefficient (Wildman–Crippen LogP) is 1.09. The first-order chi connectivity index (χ1) is 6.85. The summed E-state index contributed by atoms with van der Waals surface area (Å²) in [6, 6.07) is 7.31. The Morgan fingerprint density at radius 2 is 1.73 bits per heavy atom. The van der Waals surface area contributed by atoms with E-state index in [1.165, 1.54) is 5.56 Å². The van der Waals surface area contributed by atoms with Gasteiger partial charge in [-0.2, -0.15) is 0 Å². The minimum atomic E-state index is -0.666. The van der Waals surface area contributed by atoms with Crippen LogP contribution in [0.3, 0.4) is 0 Å². The highest BCUT2D eigenvalue weighted by Crippen LogP contribution is 2.26. The minimum Gasteiger partial charge on any atom is -0.368 e. The Balaban J connectivity index is 3.05. The first-order valence-electron chi connectivity index (χ1n) is 4.97. The molecule has 1 aromatic rings. The van der Waals surface area contributed by atoms with Crippen LogP contribution in [0.1, 0.15) is 25.0 Å². The third-order valence-electron chi connectivity index (χ3n) is 2.88. The molecular weight excluding hydrogens is 188 g/mol. The van der Waals surface area contributed by atoms with Crippen molar-refractivity contribution in [3.05, 3.63) is 35.4 Å². The fourth-order valence-corrected chi connectivity index (χ4v) is 1.52. The van der Waals surface area contributed by atoms with Gasteiger partial charge in [-0.15, -0.1) is 0 Å². The maximum Gasteiger partial charge on any atom is 0.235 e. The topological polar surface area (TPSA) is 69.1 Å². The van der Waals surface area contributed by atoms with Crippen LogP contribution in [-0.4, -0.2) is 11.9 Å². The van der Waals surface area contributed by atoms with E-state index >= 15 is 0 Å². The molecule has 1 aromatic carbocycles. The van der Waals surface area contributed by atoms with E-state index in [0.717, 1.165) is 5.56 Å². The Morgan fingerprint density at radius 1 is 1.27 bits per heavy atom. The van der Waals surface area contributed by atoms with Gasteiger partial charge in [-0.25, -0.2) is 0 Å². The molecule has 4 N–H and O–H groups in total. The van der Waals surface area contributed by atoms with Crippen molar-refractivity contribution in [2.75, 3.05) is 0 Å². The smallest absolute Gasteiger partial charge is 0.235 e. The van der Waals surface area contributed by atoms with Crippen LogP contribution in [0.2, 0.25) is 0 Å². The maximum absolute atomic E-state index is 11.1. The van der Waals surface area contributed by atoms with E-state index in [9.17, 15) is 4.79 Å². The lowest BCUT2D eigenvalue weighted by molar-refractivity contribution is -0.120. The third kappa shape index (κ3) is 2.36. The second-order valence-corrected chi connectivity index (χ2v) is 4.47. The van der Waals surface area contributed by atoms with Gasteiger partial charge in [0.25, 0.3) is 0 Å². The number of carbonyl (C=O) groups excluding carboxylic acids is 1. The third-order valence-corrected chi connectivity index (χ3v) is 2.88. The normalized spacial score (nSPS) is 13.6. The van der Waals surface area contributed by atoms with E-state index in [2.05, 4.69) is 0 Å². The minimum absolute atomic E-state index is 0.431. The summed E-state index contributed by atoms with van der Waals surface area (Å²) >= 11 is 0. The molecule has 3 heteroatoms. The van der Waals surface area contributed by atoms with E-state index in [4.69, 9.17) is 11.5 Å². The average Bonchev–Trinajstić information content (AvgIpc) is 2.17. The summed E-state index contributed by atoms with van der Waals surface area (Å²) < 4.78 is 0.